The summed E-state index contributed by atoms with van der Waals surface area (Å²) in [5.41, 5.74) is 1.04. The number of carbonyl (C=O) groups excluding carboxylic acids is 1. The fraction of sp³-hybridized carbons (Fsp3) is 0.438. The molecule has 0 bridgehead atoms. The van der Waals surface area contributed by atoms with Gasteiger partial charge >= 0.3 is 0 Å². The summed E-state index contributed by atoms with van der Waals surface area (Å²) in [6.45, 7) is 2.25. The van der Waals surface area contributed by atoms with Crippen LogP contribution >= 0.6 is 11.8 Å². The van der Waals surface area contributed by atoms with Gasteiger partial charge in [-0.25, -0.2) is 0 Å². The van der Waals surface area contributed by atoms with E-state index >= 15 is 0 Å². The van der Waals surface area contributed by atoms with Gasteiger partial charge in [0.05, 0.1) is 6.54 Å². The maximum atomic E-state index is 12.8. The minimum Gasteiger partial charge on any atom is -0.347 e. The van der Waals surface area contributed by atoms with Gasteiger partial charge in [0.25, 0.3) is 0 Å². The van der Waals surface area contributed by atoms with Crippen LogP contribution in [-0.4, -0.2) is 50.2 Å². The van der Waals surface area contributed by atoms with Crippen molar-refractivity contribution in [3.05, 3.63) is 48.0 Å². The van der Waals surface area contributed by atoms with E-state index in [1.807, 2.05) is 53.7 Å². The minimum absolute atomic E-state index is 0.0195. The molecule has 122 valence electrons. The monoisotopic (exact) mass is 331 g/mol. The molecule has 6 nitrogen and oxygen atoms in total. The minimum atomic E-state index is -0.245. The van der Waals surface area contributed by atoms with E-state index in [0.717, 1.165) is 36.0 Å². The van der Waals surface area contributed by atoms with E-state index in [2.05, 4.69) is 20.4 Å². The quantitative estimate of drug-likeness (QED) is 0.893. The molecule has 1 aromatic carbocycles. The van der Waals surface area contributed by atoms with E-state index in [0.29, 0.717) is 6.54 Å². The predicted molar refractivity (Wildman–Crippen MR) is 90.9 cm³/mol. The van der Waals surface area contributed by atoms with Crippen molar-refractivity contribution in [3.8, 4) is 0 Å². The lowest BCUT2D eigenvalue weighted by Crippen LogP contribution is -2.44. The van der Waals surface area contributed by atoms with Crippen molar-refractivity contribution in [2.24, 2.45) is 7.05 Å². The first-order chi connectivity index (χ1) is 11.3. The van der Waals surface area contributed by atoms with Crippen LogP contribution in [0.2, 0.25) is 0 Å². The highest BCUT2D eigenvalue weighted by molar-refractivity contribution is 7.99. The summed E-state index contributed by atoms with van der Waals surface area (Å²) in [5, 5.41) is 10.9. The third-order valence-corrected chi connectivity index (χ3v) is 4.94. The lowest BCUT2D eigenvalue weighted by molar-refractivity contribution is -0.126. The Morgan fingerprint density at radius 1 is 1.30 bits per heavy atom. The molecule has 1 atom stereocenters. The third-order valence-electron chi connectivity index (χ3n) is 4.00. The van der Waals surface area contributed by atoms with Crippen molar-refractivity contribution < 1.29 is 4.79 Å². The smallest absolute Gasteiger partial charge is 0.242 e. The summed E-state index contributed by atoms with van der Waals surface area (Å²) in [5.74, 6) is 2.91. The summed E-state index contributed by atoms with van der Waals surface area (Å²) in [6, 6.07) is 9.74. The third kappa shape index (κ3) is 3.92. The van der Waals surface area contributed by atoms with Crippen molar-refractivity contribution >= 4 is 17.7 Å². The number of hydrogen-bond acceptors (Lipinski definition) is 5. The SMILES string of the molecule is Cn1cnnc1CNC(=O)[C@H](c1ccccc1)N1CCSCC1. The van der Waals surface area contributed by atoms with Crippen LogP contribution in [0.15, 0.2) is 36.7 Å². The first-order valence-electron chi connectivity index (χ1n) is 7.73. The Balaban J connectivity index is 1.74. The summed E-state index contributed by atoms with van der Waals surface area (Å²) in [6.07, 6.45) is 1.64. The van der Waals surface area contributed by atoms with Gasteiger partial charge in [0.1, 0.15) is 12.4 Å². The average Bonchev–Trinajstić information content (AvgIpc) is 3.00. The normalized spacial score (nSPS) is 16.9. The van der Waals surface area contributed by atoms with Crippen LogP contribution in [-0.2, 0) is 18.4 Å². The lowest BCUT2D eigenvalue weighted by Gasteiger charge is -2.33. The van der Waals surface area contributed by atoms with E-state index in [1.54, 1.807) is 6.33 Å². The molecular formula is C16H21N5OS. The Kier molecular flexibility index (Phi) is 5.30. The van der Waals surface area contributed by atoms with Crippen LogP contribution in [0.25, 0.3) is 0 Å². The molecule has 23 heavy (non-hydrogen) atoms. The predicted octanol–water partition coefficient (Wildman–Crippen LogP) is 1.22. The zero-order valence-electron chi connectivity index (χ0n) is 13.2. The van der Waals surface area contributed by atoms with Crippen LogP contribution in [0.5, 0.6) is 0 Å². The van der Waals surface area contributed by atoms with E-state index < -0.39 is 0 Å². The van der Waals surface area contributed by atoms with Crippen molar-refractivity contribution in [2.45, 2.75) is 12.6 Å². The number of nitrogens with one attached hydrogen (secondary N) is 1. The number of carbonyl (C=O) groups is 1. The molecule has 1 N–H and O–H groups in total. The molecule has 1 fully saturated rings. The maximum absolute atomic E-state index is 12.8. The molecule has 0 unspecified atom stereocenters. The molecule has 0 radical (unpaired) electrons. The number of aromatic nitrogens is 3. The van der Waals surface area contributed by atoms with E-state index in [-0.39, 0.29) is 11.9 Å². The maximum Gasteiger partial charge on any atom is 0.242 e. The van der Waals surface area contributed by atoms with Gasteiger partial charge in [0, 0.05) is 31.6 Å². The molecule has 1 aromatic heterocycles. The van der Waals surface area contributed by atoms with Crippen molar-refractivity contribution in [1.82, 2.24) is 25.0 Å². The van der Waals surface area contributed by atoms with Gasteiger partial charge in [0.15, 0.2) is 5.82 Å². The van der Waals surface area contributed by atoms with Crippen LogP contribution in [0.4, 0.5) is 0 Å². The highest BCUT2D eigenvalue weighted by Crippen LogP contribution is 2.24. The fourth-order valence-corrected chi connectivity index (χ4v) is 3.66. The zero-order chi connectivity index (χ0) is 16.1. The molecule has 1 amide bonds. The molecule has 2 heterocycles. The number of hydrogen-bond donors (Lipinski definition) is 1. The molecule has 1 aliphatic rings. The number of thioether (sulfide) groups is 1. The molecule has 3 rings (SSSR count). The number of benzene rings is 1. The molecule has 7 heteroatoms. The molecule has 0 saturated carbocycles. The van der Waals surface area contributed by atoms with Crippen LogP contribution < -0.4 is 5.32 Å². The Morgan fingerprint density at radius 3 is 2.70 bits per heavy atom. The van der Waals surface area contributed by atoms with Gasteiger partial charge in [-0.2, -0.15) is 11.8 Å². The van der Waals surface area contributed by atoms with Gasteiger partial charge in [-0.1, -0.05) is 30.3 Å². The molecule has 1 saturated heterocycles. The molecule has 1 aliphatic heterocycles. The lowest BCUT2D eigenvalue weighted by atomic mass is 10.0. The van der Waals surface area contributed by atoms with E-state index in [9.17, 15) is 4.79 Å². The van der Waals surface area contributed by atoms with Gasteiger partial charge in [-0.15, -0.1) is 10.2 Å². The fourth-order valence-electron chi connectivity index (χ4n) is 2.73. The van der Waals surface area contributed by atoms with Gasteiger partial charge in [0.2, 0.25) is 5.91 Å². The molecule has 0 spiro atoms. The standard InChI is InChI=1S/C16H21N5OS/c1-20-12-18-19-14(20)11-17-16(22)15(13-5-3-2-4-6-13)21-7-9-23-10-8-21/h2-6,12,15H,7-11H2,1H3,(H,17,22)/t15-/m0/s1. The second-order valence-corrected chi connectivity index (χ2v) is 6.76. The summed E-state index contributed by atoms with van der Waals surface area (Å²) >= 11 is 1.94. The highest BCUT2D eigenvalue weighted by atomic mass is 32.2. The molecular weight excluding hydrogens is 310 g/mol. The Labute approximate surface area is 140 Å². The van der Waals surface area contributed by atoms with Crippen LogP contribution in [0.1, 0.15) is 17.4 Å². The summed E-state index contributed by atoms with van der Waals surface area (Å²) < 4.78 is 1.81. The number of rotatable bonds is 5. The average molecular weight is 331 g/mol. The Bertz CT molecular complexity index is 639. The van der Waals surface area contributed by atoms with Crippen LogP contribution in [0, 0.1) is 0 Å². The van der Waals surface area contributed by atoms with Gasteiger partial charge in [-0.05, 0) is 5.56 Å². The number of amides is 1. The Hall–Kier alpha value is -1.86. The topological polar surface area (TPSA) is 63.1 Å². The van der Waals surface area contributed by atoms with Crippen LogP contribution in [0.3, 0.4) is 0 Å². The van der Waals surface area contributed by atoms with Gasteiger partial charge < -0.3 is 9.88 Å². The van der Waals surface area contributed by atoms with E-state index in [4.69, 9.17) is 0 Å². The number of nitrogens with zero attached hydrogens (tertiary/aromatic N) is 4. The van der Waals surface area contributed by atoms with Gasteiger partial charge in [-0.3, -0.25) is 9.69 Å². The van der Waals surface area contributed by atoms with Crippen molar-refractivity contribution in [3.63, 3.8) is 0 Å². The number of aryl methyl sites for hydroxylation is 1. The van der Waals surface area contributed by atoms with Crippen molar-refractivity contribution in [2.75, 3.05) is 24.6 Å². The van der Waals surface area contributed by atoms with Crippen molar-refractivity contribution in [1.29, 1.82) is 0 Å². The largest absolute Gasteiger partial charge is 0.347 e. The second-order valence-electron chi connectivity index (χ2n) is 5.54. The second kappa shape index (κ2) is 7.61. The Morgan fingerprint density at radius 2 is 2.04 bits per heavy atom. The summed E-state index contributed by atoms with van der Waals surface area (Å²) in [4.78, 5) is 15.1. The highest BCUT2D eigenvalue weighted by Gasteiger charge is 2.28. The molecule has 2 aromatic rings. The summed E-state index contributed by atoms with van der Waals surface area (Å²) in [7, 11) is 1.87. The molecule has 0 aliphatic carbocycles. The van der Waals surface area contributed by atoms with E-state index in [1.165, 1.54) is 0 Å². The zero-order valence-corrected chi connectivity index (χ0v) is 14.0. The first-order valence-corrected chi connectivity index (χ1v) is 8.88. The first kappa shape index (κ1) is 16.0.